The third-order valence-electron chi connectivity index (χ3n) is 7.34. The molecule has 9 heteroatoms. The average Bonchev–Trinajstić information content (AvgIpc) is 2.90. The lowest BCUT2D eigenvalue weighted by atomic mass is 9.83. The lowest BCUT2D eigenvalue weighted by Gasteiger charge is -2.44. The lowest BCUT2D eigenvalue weighted by molar-refractivity contribution is -0.139. The van der Waals surface area contributed by atoms with Crippen LogP contribution in [0.25, 0.3) is 5.57 Å². The highest BCUT2D eigenvalue weighted by Crippen LogP contribution is 2.34. The van der Waals surface area contributed by atoms with E-state index in [2.05, 4.69) is 10.6 Å². The molecule has 2 aliphatic rings. The monoisotopic (exact) mass is 567 g/mol. The fourth-order valence-electron chi connectivity index (χ4n) is 5.60. The molecule has 0 aromatic heterocycles. The Kier molecular flexibility index (Phi) is 9.87. The highest BCUT2D eigenvalue weighted by molar-refractivity contribution is 6.32. The van der Waals surface area contributed by atoms with Gasteiger partial charge in [-0.1, -0.05) is 61.8 Å². The Morgan fingerprint density at radius 1 is 1.12 bits per heavy atom. The zero-order valence-electron chi connectivity index (χ0n) is 23.3. The fourth-order valence-corrected chi connectivity index (χ4v) is 5.79. The van der Waals surface area contributed by atoms with Crippen LogP contribution in [0.3, 0.4) is 0 Å². The van der Waals surface area contributed by atoms with Gasteiger partial charge in [-0.05, 0) is 60.4 Å². The topological polar surface area (TPSA) is 108 Å². The van der Waals surface area contributed by atoms with Gasteiger partial charge in [-0.3, -0.25) is 9.59 Å². The van der Waals surface area contributed by atoms with E-state index in [0.29, 0.717) is 42.3 Å². The maximum atomic E-state index is 13.4. The van der Waals surface area contributed by atoms with Crippen molar-refractivity contribution in [1.82, 2.24) is 15.5 Å². The molecule has 2 heterocycles. The predicted octanol–water partition coefficient (Wildman–Crippen LogP) is 4.31. The van der Waals surface area contributed by atoms with Crippen molar-refractivity contribution in [2.75, 3.05) is 19.7 Å². The molecule has 40 heavy (non-hydrogen) atoms. The van der Waals surface area contributed by atoms with E-state index < -0.39 is 18.1 Å². The van der Waals surface area contributed by atoms with Gasteiger partial charge in [-0.15, -0.1) is 0 Å². The summed E-state index contributed by atoms with van der Waals surface area (Å²) in [6.07, 6.45) is 2.68. The van der Waals surface area contributed by atoms with Crippen molar-refractivity contribution in [3.05, 3.63) is 70.3 Å². The van der Waals surface area contributed by atoms with Crippen molar-refractivity contribution < 1.29 is 24.2 Å². The lowest BCUT2D eigenvalue weighted by Crippen LogP contribution is -2.63. The Hall–Kier alpha value is -3.36. The van der Waals surface area contributed by atoms with Crippen LogP contribution < -0.4 is 15.4 Å². The Balaban J connectivity index is 1.43. The number of aliphatic carboxylic acids is 1. The molecule has 214 valence electrons. The zero-order chi connectivity index (χ0) is 28.8. The van der Waals surface area contributed by atoms with Crippen molar-refractivity contribution in [2.24, 2.45) is 5.92 Å². The molecule has 3 N–H and O–H groups in total. The Bertz CT molecular complexity index is 1260. The van der Waals surface area contributed by atoms with Crippen LogP contribution in [0, 0.1) is 5.92 Å². The third-order valence-corrected chi connectivity index (χ3v) is 7.65. The summed E-state index contributed by atoms with van der Waals surface area (Å²) < 4.78 is 5.78. The second kappa shape index (κ2) is 13.3. The minimum absolute atomic E-state index is 0.0699. The number of carbonyl (C=O) groups excluding carboxylic acids is 2. The maximum absolute atomic E-state index is 13.4. The number of hydrogen-bond acceptors (Lipinski definition) is 5. The van der Waals surface area contributed by atoms with E-state index in [9.17, 15) is 19.5 Å². The number of aryl methyl sites for hydroxylation is 1. The van der Waals surface area contributed by atoms with E-state index in [1.807, 2.05) is 56.3 Å². The Labute approximate surface area is 240 Å². The average molecular weight is 568 g/mol. The molecule has 1 fully saturated rings. The first-order valence-corrected chi connectivity index (χ1v) is 14.2. The molecule has 2 aliphatic heterocycles. The van der Waals surface area contributed by atoms with Crippen LogP contribution >= 0.6 is 11.6 Å². The summed E-state index contributed by atoms with van der Waals surface area (Å²) in [4.78, 5) is 39.3. The summed E-state index contributed by atoms with van der Waals surface area (Å²) >= 11 is 6.14. The summed E-state index contributed by atoms with van der Waals surface area (Å²) in [5.41, 5.74) is 3.14. The number of hydrogen-bond donors (Lipinski definition) is 3. The molecule has 3 atom stereocenters. The Morgan fingerprint density at radius 2 is 1.85 bits per heavy atom. The number of benzene rings is 2. The number of nitrogens with one attached hydrogen (secondary N) is 2. The molecular weight excluding hydrogens is 530 g/mol. The molecule has 2 aromatic rings. The summed E-state index contributed by atoms with van der Waals surface area (Å²) in [5.74, 6) is -0.491. The minimum Gasteiger partial charge on any atom is -0.492 e. The Morgan fingerprint density at radius 3 is 2.50 bits per heavy atom. The zero-order valence-corrected chi connectivity index (χ0v) is 24.0. The molecule has 4 rings (SSSR count). The molecule has 1 saturated heterocycles. The van der Waals surface area contributed by atoms with Gasteiger partial charge >= 0.3 is 5.97 Å². The number of amides is 2. The largest absolute Gasteiger partial charge is 0.492 e. The summed E-state index contributed by atoms with van der Waals surface area (Å²) in [5, 5.41) is 17.0. The van der Waals surface area contributed by atoms with Crippen LogP contribution in [0.5, 0.6) is 5.75 Å². The smallest absolute Gasteiger partial charge is 0.333 e. The van der Waals surface area contributed by atoms with Crippen LogP contribution in [-0.2, 0) is 20.8 Å². The van der Waals surface area contributed by atoms with E-state index in [1.165, 1.54) is 6.92 Å². The van der Waals surface area contributed by atoms with Gasteiger partial charge in [0.2, 0.25) is 11.8 Å². The first-order chi connectivity index (χ1) is 19.1. The van der Waals surface area contributed by atoms with Gasteiger partial charge in [0.25, 0.3) is 0 Å². The maximum Gasteiger partial charge on any atom is 0.333 e. The van der Waals surface area contributed by atoms with Crippen molar-refractivity contribution in [1.29, 1.82) is 0 Å². The van der Waals surface area contributed by atoms with Gasteiger partial charge in [0, 0.05) is 26.1 Å². The van der Waals surface area contributed by atoms with Crippen LogP contribution in [0.4, 0.5) is 0 Å². The second-order valence-electron chi connectivity index (χ2n) is 11.0. The number of nitrogens with zero attached hydrogens (tertiary/aromatic N) is 1. The second-order valence-corrected chi connectivity index (χ2v) is 11.4. The van der Waals surface area contributed by atoms with E-state index in [0.717, 1.165) is 29.5 Å². The van der Waals surface area contributed by atoms with E-state index in [-0.39, 0.29) is 30.3 Å². The van der Waals surface area contributed by atoms with Crippen molar-refractivity contribution in [3.8, 4) is 5.75 Å². The molecule has 0 saturated carbocycles. The van der Waals surface area contributed by atoms with Gasteiger partial charge in [-0.2, -0.15) is 0 Å². The molecule has 2 bridgehead atoms. The number of halogens is 1. The molecule has 2 amide bonds. The summed E-state index contributed by atoms with van der Waals surface area (Å²) in [6.45, 7) is 6.67. The number of carboxylic acids is 1. The summed E-state index contributed by atoms with van der Waals surface area (Å²) in [7, 11) is 0. The van der Waals surface area contributed by atoms with E-state index in [4.69, 9.17) is 16.3 Å². The number of fused-ring (bicyclic) bond motifs is 2. The predicted molar refractivity (Wildman–Crippen MR) is 155 cm³/mol. The van der Waals surface area contributed by atoms with Gasteiger partial charge in [0.05, 0.1) is 23.2 Å². The van der Waals surface area contributed by atoms with E-state index in [1.54, 1.807) is 11.0 Å². The number of carboxylic acid groups (broad SMARTS) is 1. The SMILES string of the molecule is CC(=O)N[C@@H](CC(C)C)C(=O)N1C[C@@H]2CC(c3ccc(CCCOc4ccccc4Cl)cc3)=C(C(=O)O)[C@H](C1)N2. The molecule has 0 unspecified atom stereocenters. The molecule has 0 radical (unpaired) electrons. The normalized spacial score (nSPS) is 19.4. The molecule has 2 aromatic carbocycles. The number of ether oxygens (including phenoxy) is 1. The van der Waals surface area contributed by atoms with Gasteiger partial charge in [0.15, 0.2) is 0 Å². The standard InChI is InChI=1S/C31H38ClN3O5/c1-19(2)15-26(33-20(3)36)30(37)35-17-23-16-24(29(31(38)39)27(18-35)34-23)22-12-10-21(11-13-22)7-6-14-40-28-9-5-4-8-25(28)32/h4-5,8-13,19,23,26-27,34H,6-7,14-18H2,1-3H3,(H,33,36)(H,38,39)/t23-,26-,27-/m0/s1. The van der Waals surface area contributed by atoms with Crippen LogP contribution in [0.2, 0.25) is 5.02 Å². The number of carbonyl (C=O) groups is 3. The quantitative estimate of drug-likeness (QED) is 0.349. The fraction of sp³-hybridized carbons (Fsp3) is 0.452. The first-order valence-electron chi connectivity index (χ1n) is 13.9. The van der Waals surface area contributed by atoms with Crippen LogP contribution in [0.1, 0.15) is 51.2 Å². The number of rotatable bonds is 11. The van der Waals surface area contributed by atoms with Gasteiger partial charge in [0.1, 0.15) is 11.8 Å². The minimum atomic E-state index is -0.985. The van der Waals surface area contributed by atoms with Crippen molar-refractivity contribution in [3.63, 3.8) is 0 Å². The number of para-hydroxylation sites is 1. The molecule has 0 aliphatic carbocycles. The first kappa shape index (κ1) is 29.6. The molecular formula is C31H38ClN3O5. The molecule has 0 spiro atoms. The van der Waals surface area contributed by atoms with Gasteiger partial charge < -0.3 is 25.4 Å². The van der Waals surface area contributed by atoms with Crippen LogP contribution in [-0.4, -0.2) is 65.6 Å². The third kappa shape index (κ3) is 7.43. The molecule has 8 nitrogen and oxygen atoms in total. The van der Waals surface area contributed by atoms with Crippen LogP contribution in [0.15, 0.2) is 54.1 Å². The highest BCUT2D eigenvalue weighted by atomic mass is 35.5. The summed E-state index contributed by atoms with van der Waals surface area (Å²) in [6, 6.07) is 14.3. The highest BCUT2D eigenvalue weighted by Gasteiger charge is 2.41. The van der Waals surface area contributed by atoms with Crippen molar-refractivity contribution >= 4 is 35.0 Å². The van der Waals surface area contributed by atoms with E-state index >= 15 is 0 Å². The number of piperazine rings is 1. The van der Waals surface area contributed by atoms with Crippen molar-refractivity contribution in [2.45, 2.75) is 64.6 Å². The van der Waals surface area contributed by atoms with Gasteiger partial charge in [-0.25, -0.2) is 4.79 Å².